The van der Waals surface area contributed by atoms with Crippen molar-refractivity contribution < 1.29 is 24.2 Å². The number of esters is 1. The van der Waals surface area contributed by atoms with Crippen LogP contribution in [0.3, 0.4) is 0 Å². The smallest absolute Gasteiger partial charge is 0.326 e. The van der Waals surface area contributed by atoms with E-state index in [1.54, 1.807) is 13.8 Å². The molecule has 2 heterocycles. The first-order chi connectivity index (χ1) is 16.4. The highest BCUT2D eigenvalue weighted by Gasteiger charge is 2.37. The number of piperidine rings is 1. The first-order valence-corrected chi connectivity index (χ1v) is 12.6. The van der Waals surface area contributed by atoms with Crippen LogP contribution in [0, 0.1) is 5.92 Å². The Labute approximate surface area is 202 Å². The van der Waals surface area contributed by atoms with Gasteiger partial charge in [0.15, 0.2) is 0 Å². The van der Waals surface area contributed by atoms with E-state index in [1.807, 2.05) is 24.3 Å². The number of nitrogens with zero attached hydrogens (tertiary/aromatic N) is 1. The minimum atomic E-state index is -1.02. The molecule has 1 aromatic rings. The predicted molar refractivity (Wildman–Crippen MR) is 129 cm³/mol. The number of rotatable bonds is 11. The Balaban J connectivity index is 1.60. The van der Waals surface area contributed by atoms with Crippen molar-refractivity contribution in [3.05, 3.63) is 35.4 Å². The van der Waals surface area contributed by atoms with Crippen LogP contribution >= 0.6 is 0 Å². The van der Waals surface area contributed by atoms with Crippen molar-refractivity contribution in [2.45, 2.75) is 83.5 Å². The lowest BCUT2D eigenvalue weighted by molar-refractivity contribution is -0.153. The molecule has 1 saturated heterocycles. The Hall–Kier alpha value is -2.45. The van der Waals surface area contributed by atoms with Gasteiger partial charge in [0.1, 0.15) is 12.1 Å². The largest absolute Gasteiger partial charge is 0.480 e. The number of hydrogen-bond donors (Lipinski definition) is 3. The highest BCUT2D eigenvalue weighted by atomic mass is 16.5. The standard InChI is InChI=1S/C26H39N3O5/c1-3-34-26(33)22(11-7-4-8-19-12-14-27-15-13-19)28-18(2)24(30)29-17-21-10-6-5-9-20(21)16-23(29)25(31)32/h5-6,9-10,18-19,22-23,27-28H,3-4,7-8,11-17H2,1-2H3,(H,31,32)/t18-,22-,23-/m0/s1. The van der Waals surface area contributed by atoms with E-state index in [4.69, 9.17) is 4.74 Å². The number of benzene rings is 1. The van der Waals surface area contributed by atoms with Crippen molar-refractivity contribution in [2.75, 3.05) is 19.7 Å². The second kappa shape index (κ2) is 12.9. The third kappa shape index (κ3) is 7.03. The fourth-order valence-corrected chi connectivity index (χ4v) is 5.06. The quantitative estimate of drug-likeness (QED) is 0.335. The fourth-order valence-electron chi connectivity index (χ4n) is 5.06. The van der Waals surface area contributed by atoms with Gasteiger partial charge in [-0.2, -0.15) is 0 Å². The summed E-state index contributed by atoms with van der Waals surface area (Å²) in [5, 5.41) is 16.3. The van der Waals surface area contributed by atoms with Crippen LogP contribution in [0.4, 0.5) is 0 Å². The molecule has 0 saturated carbocycles. The van der Waals surface area contributed by atoms with Gasteiger partial charge >= 0.3 is 11.9 Å². The van der Waals surface area contributed by atoms with Crippen LogP contribution in [-0.4, -0.2) is 65.7 Å². The lowest BCUT2D eigenvalue weighted by atomic mass is 9.91. The summed E-state index contributed by atoms with van der Waals surface area (Å²) < 4.78 is 5.25. The first kappa shape index (κ1) is 26.2. The maximum atomic E-state index is 13.3. The summed E-state index contributed by atoms with van der Waals surface area (Å²) in [6.45, 7) is 6.15. The summed E-state index contributed by atoms with van der Waals surface area (Å²) in [6.07, 6.45) is 6.34. The molecule has 0 aliphatic carbocycles. The lowest BCUT2D eigenvalue weighted by Crippen LogP contribution is -2.56. The maximum Gasteiger partial charge on any atom is 0.326 e. The molecule has 0 spiro atoms. The number of hydrogen-bond acceptors (Lipinski definition) is 6. The van der Waals surface area contributed by atoms with E-state index < -0.39 is 24.1 Å². The van der Waals surface area contributed by atoms with Crippen LogP contribution < -0.4 is 10.6 Å². The monoisotopic (exact) mass is 473 g/mol. The molecule has 34 heavy (non-hydrogen) atoms. The van der Waals surface area contributed by atoms with Crippen molar-refractivity contribution in [3.8, 4) is 0 Å². The molecule has 1 amide bonds. The second-order valence-corrected chi connectivity index (χ2v) is 9.46. The molecule has 1 fully saturated rings. The summed E-state index contributed by atoms with van der Waals surface area (Å²) in [5.74, 6) is -0.950. The van der Waals surface area contributed by atoms with E-state index >= 15 is 0 Å². The van der Waals surface area contributed by atoms with Gasteiger partial charge in [-0.25, -0.2) is 4.79 Å². The number of nitrogens with one attached hydrogen (secondary N) is 2. The molecule has 0 aromatic heterocycles. The molecule has 8 heteroatoms. The Kier molecular flexibility index (Phi) is 9.89. The number of ether oxygens (including phenoxy) is 1. The number of carbonyl (C=O) groups is 3. The molecule has 3 atom stereocenters. The van der Waals surface area contributed by atoms with Gasteiger partial charge < -0.3 is 20.1 Å². The van der Waals surface area contributed by atoms with Gasteiger partial charge in [-0.15, -0.1) is 0 Å². The summed E-state index contributed by atoms with van der Waals surface area (Å²) >= 11 is 0. The zero-order chi connectivity index (χ0) is 24.5. The maximum absolute atomic E-state index is 13.3. The van der Waals surface area contributed by atoms with Gasteiger partial charge in [-0.3, -0.25) is 14.9 Å². The minimum Gasteiger partial charge on any atom is -0.480 e. The molecule has 0 radical (unpaired) electrons. The number of fused-ring (bicyclic) bond motifs is 1. The van der Waals surface area contributed by atoms with E-state index in [0.717, 1.165) is 49.4 Å². The number of carbonyl (C=O) groups excluding carboxylic acids is 2. The third-order valence-corrected chi connectivity index (χ3v) is 7.02. The molecular formula is C26H39N3O5. The Morgan fingerprint density at radius 3 is 2.56 bits per heavy atom. The van der Waals surface area contributed by atoms with Gasteiger partial charge in [0.25, 0.3) is 0 Å². The molecule has 3 rings (SSSR count). The Morgan fingerprint density at radius 1 is 1.18 bits per heavy atom. The zero-order valence-electron chi connectivity index (χ0n) is 20.4. The van der Waals surface area contributed by atoms with E-state index in [9.17, 15) is 19.5 Å². The van der Waals surface area contributed by atoms with Crippen LogP contribution in [0.15, 0.2) is 24.3 Å². The SMILES string of the molecule is CCOC(=O)[C@H](CCCCC1CCNCC1)N[C@@H](C)C(=O)N1Cc2ccccc2C[C@H]1C(=O)O. The normalized spacial score (nSPS) is 20.3. The molecular weight excluding hydrogens is 434 g/mol. The molecule has 188 valence electrons. The van der Waals surface area contributed by atoms with Gasteiger partial charge in [0, 0.05) is 13.0 Å². The average molecular weight is 474 g/mol. The molecule has 0 unspecified atom stereocenters. The molecule has 2 aliphatic heterocycles. The molecule has 2 aliphatic rings. The van der Waals surface area contributed by atoms with Gasteiger partial charge in [0.05, 0.1) is 12.6 Å². The Morgan fingerprint density at radius 2 is 1.88 bits per heavy atom. The third-order valence-electron chi connectivity index (χ3n) is 7.02. The molecule has 8 nitrogen and oxygen atoms in total. The summed E-state index contributed by atoms with van der Waals surface area (Å²) in [4.78, 5) is 39.3. The van der Waals surface area contributed by atoms with Crippen LogP contribution in [-0.2, 0) is 32.1 Å². The number of carboxylic acids is 1. The van der Waals surface area contributed by atoms with E-state index in [0.29, 0.717) is 6.42 Å². The van der Waals surface area contributed by atoms with Crippen molar-refractivity contribution in [1.82, 2.24) is 15.5 Å². The van der Waals surface area contributed by atoms with Gasteiger partial charge in [-0.05, 0) is 63.2 Å². The van der Waals surface area contributed by atoms with Crippen molar-refractivity contribution in [2.24, 2.45) is 5.92 Å². The van der Waals surface area contributed by atoms with E-state index in [1.165, 1.54) is 17.7 Å². The molecule has 3 N–H and O–H groups in total. The average Bonchev–Trinajstić information content (AvgIpc) is 2.85. The topological polar surface area (TPSA) is 108 Å². The lowest BCUT2D eigenvalue weighted by Gasteiger charge is -2.36. The van der Waals surface area contributed by atoms with E-state index in [2.05, 4.69) is 10.6 Å². The number of aliphatic carboxylic acids is 1. The first-order valence-electron chi connectivity index (χ1n) is 12.6. The minimum absolute atomic E-state index is 0.248. The van der Waals surface area contributed by atoms with Gasteiger partial charge in [-0.1, -0.05) is 43.5 Å². The number of amides is 1. The molecule has 1 aromatic carbocycles. The predicted octanol–water partition coefficient (Wildman–Crippen LogP) is 2.49. The number of carboxylic acid groups (broad SMARTS) is 1. The fraction of sp³-hybridized carbons (Fsp3) is 0.654. The van der Waals surface area contributed by atoms with Crippen molar-refractivity contribution >= 4 is 17.8 Å². The van der Waals surface area contributed by atoms with Crippen LogP contribution in [0.2, 0.25) is 0 Å². The Bertz CT molecular complexity index is 839. The van der Waals surface area contributed by atoms with E-state index in [-0.39, 0.29) is 31.4 Å². The van der Waals surface area contributed by atoms with Crippen LogP contribution in [0.25, 0.3) is 0 Å². The molecule has 0 bridgehead atoms. The highest BCUT2D eigenvalue weighted by molar-refractivity contribution is 5.88. The second-order valence-electron chi connectivity index (χ2n) is 9.46. The zero-order valence-corrected chi connectivity index (χ0v) is 20.4. The summed E-state index contributed by atoms with van der Waals surface area (Å²) in [7, 11) is 0. The summed E-state index contributed by atoms with van der Waals surface area (Å²) in [6, 6.07) is 5.40. The highest BCUT2D eigenvalue weighted by Crippen LogP contribution is 2.25. The summed E-state index contributed by atoms with van der Waals surface area (Å²) in [5.41, 5.74) is 1.91. The van der Waals surface area contributed by atoms with Crippen molar-refractivity contribution in [3.63, 3.8) is 0 Å². The van der Waals surface area contributed by atoms with Crippen LogP contribution in [0.5, 0.6) is 0 Å². The van der Waals surface area contributed by atoms with Gasteiger partial charge in [0.2, 0.25) is 5.91 Å². The van der Waals surface area contributed by atoms with Crippen molar-refractivity contribution in [1.29, 1.82) is 0 Å². The van der Waals surface area contributed by atoms with Crippen LogP contribution in [0.1, 0.15) is 63.5 Å². The number of unbranched alkanes of at least 4 members (excludes halogenated alkanes) is 1.